The number of hydrogen-bond acceptors (Lipinski definition) is 4. The molecule has 30 heavy (non-hydrogen) atoms. The molecule has 0 bridgehead atoms. The van der Waals surface area contributed by atoms with Crippen LogP contribution in [0.1, 0.15) is 17.5 Å². The van der Waals surface area contributed by atoms with Gasteiger partial charge in [0, 0.05) is 30.9 Å². The number of benzene rings is 2. The van der Waals surface area contributed by atoms with E-state index in [0.29, 0.717) is 25.3 Å². The summed E-state index contributed by atoms with van der Waals surface area (Å²) in [5, 5.41) is 5.76. The quantitative estimate of drug-likeness (QED) is 0.736. The van der Waals surface area contributed by atoms with Crippen LogP contribution in [0.25, 0.3) is 0 Å². The van der Waals surface area contributed by atoms with E-state index in [-0.39, 0.29) is 30.1 Å². The van der Waals surface area contributed by atoms with Crippen molar-refractivity contribution >= 4 is 29.1 Å². The highest BCUT2D eigenvalue weighted by molar-refractivity contribution is 6.00. The van der Waals surface area contributed by atoms with Crippen molar-refractivity contribution in [3.05, 3.63) is 59.7 Å². The lowest BCUT2D eigenvalue weighted by molar-refractivity contribution is -0.126. The van der Waals surface area contributed by atoms with E-state index in [1.807, 2.05) is 69.6 Å². The van der Waals surface area contributed by atoms with Crippen molar-refractivity contribution in [1.29, 1.82) is 0 Å². The molecule has 1 heterocycles. The number of aryl methyl sites for hydroxylation is 1. The maximum absolute atomic E-state index is 12.6. The van der Waals surface area contributed by atoms with E-state index in [9.17, 15) is 14.4 Å². The van der Waals surface area contributed by atoms with Gasteiger partial charge in [-0.1, -0.05) is 29.8 Å². The van der Waals surface area contributed by atoms with Crippen LogP contribution in [0.4, 0.5) is 11.4 Å². The zero-order chi connectivity index (χ0) is 21.7. The zero-order valence-corrected chi connectivity index (χ0v) is 17.6. The molecule has 3 rings (SSSR count). The average molecular weight is 409 g/mol. The van der Waals surface area contributed by atoms with Gasteiger partial charge in [-0.15, -0.1) is 0 Å². The van der Waals surface area contributed by atoms with Gasteiger partial charge in [-0.3, -0.25) is 14.4 Å². The first kappa shape index (κ1) is 21.5. The topological polar surface area (TPSA) is 81.8 Å². The summed E-state index contributed by atoms with van der Waals surface area (Å²) in [6, 6.07) is 15.1. The third kappa shape index (κ3) is 5.67. The van der Waals surface area contributed by atoms with E-state index in [1.54, 1.807) is 9.80 Å². The smallest absolute Gasteiger partial charge is 0.238 e. The summed E-state index contributed by atoms with van der Waals surface area (Å²) in [6.45, 7) is 3.02. The Bertz CT molecular complexity index is 924. The van der Waals surface area contributed by atoms with Gasteiger partial charge in [0.2, 0.25) is 17.7 Å². The molecule has 0 spiro atoms. The third-order valence-electron chi connectivity index (χ3n) is 4.98. The fourth-order valence-electron chi connectivity index (χ4n) is 3.44. The molecule has 7 nitrogen and oxygen atoms in total. The largest absolute Gasteiger partial charge is 0.352 e. The summed E-state index contributed by atoms with van der Waals surface area (Å²) in [6.07, 6.45) is 0.209. The maximum atomic E-state index is 12.6. The minimum Gasteiger partial charge on any atom is -0.352 e. The summed E-state index contributed by atoms with van der Waals surface area (Å²) in [5.41, 5.74) is 3.52. The van der Waals surface area contributed by atoms with Crippen LogP contribution in [-0.2, 0) is 20.9 Å². The van der Waals surface area contributed by atoms with Crippen molar-refractivity contribution in [3.63, 3.8) is 0 Å². The highest BCUT2D eigenvalue weighted by Gasteiger charge is 2.34. The van der Waals surface area contributed by atoms with Crippen molar-refractivity contribution < 1.29 is 14.4 Å². The number of likely N-dealkylation sites (N-methyl/N-ethyl adjacent to an activating group) is 1. The molecule has 1 aliphatic rings. The van der Waals surface area contributed by atoms with Crippen LogP contribution in [0.3, 0.4) is 0 Å². The van der Waals surface area contributed by atoms with Crippen LogP contribution < -0.4 is 15.5 Å². The van der Waals surface area contributed by atoms with Crippen LogP contribution in [0.2, 0.25) is 0 Å². The predicted octanol–water partition coefficient (Wildman–Crippen LogP) is 2.16. The number of nitrogens with zero attached hydrogens (tertiary/aromatic N) is 2. The first-order valence-corrected chi connectivity index (χ1v) is 10.00. The van der Waals surface area contributed by atoms with E-state index in [1.165, 1.54) is 0 Å². The standard InChI is InChI=1S/C23H28N4O3/c1-16-7-9-20(10-8-16)27-14-18(12-22(27)29)23(30)24-13-17-5-4-6-19(11-17)25-21(28)15-26(2)3/h4-11,18H,12-15H2,1-3H3,(H,24,30)(H,25,28). The normalized spacial score (nSPS) is 16.1. The zero-order valence-electron chi connectivity index (χ0n) is 17.6. The molecule has 2 N–H and O–H groups in total. The van der Waals surface area contributed by atoms with Crippen molar-refractivity contribution in [2.24, 2.45) is 5.92 Å². The molecule has 158 valence electrons. The van der Waals surface area contributed by atoms with Gasteiger partial charge in [0.1, 0.15) is 0 Å². The third-order valence-corrected chi connectivity index (χ3v) is 4.98. The van der Waals surface area contributed by atoms with Gasteiger partial charge in [-0.25, -0.2) is 0 Å². The van der Waals surface area contributed by atoms with Crippen molar-refractivity contribution in [1.82, 2.24) is 10.2 Å². The molecule has 2 aromatic rings. The van der Waals surface area contributed by atoms with Gasteiger partial charge >= 0.3 is 0 Å². The molecule has 0 aliphatic carbocycles. The van der Waals surface area contributed by atoms with Crippen molar-refractivity contribution in [2.45, 2.75) is 19.9 Å². The highest BCUT2D eigenvalue weighted by atomic mass is 16.2. The molecule has 1 aliphatic heterocycles. The Morgan fingerprint density at radius 1 is 1.13 bits per heavy atom. The fraction of sp³-hybridized carbons (Fsp3) is 0.348. The molecule has 1 fully saturated rings. The van der Waals surface area contributed by atoms with Gasteiger partial charge in [0.15, 0.2) is 0 Å². The van der Waals surface area contributed by atoms with Crippen LogP contribution in [-0.4, -0.2) is 49.8 Å². The van der Waals surface area contributed by atoms with Crippen LogP contribution in [0.15, 0.2) is 48.5 Å². The fourth-order valence-corrected chi connectivity index (χ4v) is 3.44. The van der Waals surface area contributed by atoms with Crippen molar-refractivity contribution in [3.8, 4) is 0 Å². The van der Waals surface area contributed by atoms with Gasteiger partial charge in [-0.05, 0) is 50.8 Å². The summed E-state index contributed by atoms with van der Waals surface area (Å²) in [4.78, 5) is 40.4. The Morgan fingerprint density at radius 2 is 1.87 bits per heavy atom. The lowest BCUT2D eigenvalue weighted by Gasteiger charge is -2.17. The van der Waals surface area contributed by atoms with Gasteiger partial charge < -0.3 is 20.4 Å². The Balaban J connectivity index is 1.54. The summed E-state index contributed by atoms with van der Waals surface area (Å²) in [5.74, 6) is -0.645. The monoisotopic (exact) mass is 408 g/mol. The number of carbonyl (C=O) groups is 3. The number of amides is 3. The molecule has 0 saturated carbocycles. The van der Waals surface area contributed by atoms with Crippen LogP contribution in [0.5, 0.6) is 0 Å². The minimum atomic E-state index is -0.373. The second kappa shape index (κ2) is 9.54. The Kier molecular flexibility index (Phi) is 6.84. The highest BCUT2D eigenvalue weighted by Crippen LogP contribution is 2.25. The summed E-state index contributed by atoms with van der Waals surface area (Å²) < 4.78 is 0. The second-order valence-corrected chi connectivity index (χ2v) is 7.95. The Morgan fingerprint density at radius 3 is 2.57 bits per heavy atom. The minimum absolute atomic E-state index is 0.0374. The van der Waals surface area contributed by atoms with E-state index in [2.05, 4.69) is 10.6 Å². The SMILES string of the molecule is Cc1ccc(N2CC(C(=O)NCc3cccc(NC(=O)CN(C)C)c3)CC2=O)cc1. The van der Waals surface area contributed by atoms with E-state index >= 15 is 0 Å². The second-order valence-electron chi connectivity index (χ2n) is 7.95. The van der Waals surface area contributed by atoms with Crippen LogP contribution in [0, 0.1) is 12.8 Å². The summed E-state index contributed by atoms with van der Waals surface area (Å²) in [7, 11) is 3.67. The summed E-state index contributed by atoms with van der Waals surface area (Å²) >= 11 is 0. The molecule has 0 radical (unpaired) electrons. The molecule has 1 saturated heterocycles. The molecule has 7 heteroatoms. The molecular formula is C23H28N4O3. The number of hydrogen-bond donors (Lipinski definition) is 2. The lowest BCUT2D eigenvalue weighted by Crippen LogP contribution is -2.32. The molecule has 0 aromatic heterocycles. The number of carbonyl (C=O) groups excluding carboxylic acids is 3. The molecule has 1 atom stereocenters. The average Bonchev–Trinajstić information content (AvgIpc) is 3.08. The first-order valence-electron chi connectivity index (χ1n) is 10.00. The maximum Gasteiger partial charge on any atom is 0.238 e. The van der Waals surface area contributed by atoms with Gasteiger partial charge in [0.25, 0.3) is 0 Å². The van der Waals surface area contributed by atoms with Crippen molar-refractivity contribution in [2.75, 3.05) is 37.4 Å². The Hall–Kier alpha value is -3.19. The number of anilines is 2. The Labute approximate surface area is 177 Å². The number of rotatable bonds is 7. The molecular weight excluding hydrogens is 380 g/mol. The van der Waals surface area contributed by atoms with E-state index < -0.39 is 0 Å². The van der Waals surface area contributed by atoms with E-state index in [4.69, 9.17) is 0 Å². The molecule has 3 amide bonds. The lowest BCUT2D eigenvalue weighted by atomic mass is 10.1. The van der Waals surface area contributed by atoms with E-state index in [0.717, 1.165) is 16.8 Å². The van der Waals surface area contributed by atoms with Gasteiger partial charge in [-0.2, -0.15) is 0 Å². The predicted molar refractivity (Wildman–Crippen MR) is 117 cm³/mol. The molecule has 2 aromatic carbocycles. The first-order chi connectivity index (χ1) is 14.3. The van der Waals surface area contributed by atoms with Crippen LogP contribution >= 0.6 is 0 Å². The molecule has 1 unspecified atom stereocenters. The van der Waals surface area contributed by atoms with Gasteiger partial charge in [0.05, 0.1) is 12.5 Å². The number of nitrogens with one attached hydrogen (secondary N) is 2.